The molecule has 1 rings (SSSR count). The highest BCUT2D eigenvalue weighted by Crippen LogP contribution is 2.10. The van der Waals surface area contributed by atoms with Crippen LogP contribution in [0.25, 0.3) is 0 Å². The smallest absolute Gasteiger partial charge is 0.251 e. The minimum absolute atomic E-state index is 0.269. The summed E-state index contributed by atoms with van der Waals surface area (Å²) in [5, 5.41) is 2.07. The van der Waals surface area contributed by atoms with E-state index >= 15 is 0 Å². The summed E-state index contributed by atoms with van der Waals surface area (Å²) in [6.45, 7) is 5.72. The van der Waals surface area contributed by atoms with Crippen LogP contribution in [0.1, 0.15) is 34.8 Å². The Morgan fingerprint density at radius 3 is 2.41 bits per heavy atom. The van der Waals surface area contributed by atoms with E-state index in [-0.39, 0.29) is 5.91 Å². The summed E-state index contributed by atoms with van der Waals surface area (Å²) >= 11 is 5.38. The van der Waals surface area contributed by atoms with E-state index in [1.807, 2.05) is 19.9 Å². The molecule has 0 saturated carbocycles. The van der Waals surface area contributed by atoms with Gasteiger partial charge in [0.1, 0.15) is 6.04 Å². The van der Waals surface area contributed by atoms with Crippen molar-refractivity contribution in [1.29, 1.82) is 0 Å². The summed E-state index contributed by atoms with van der Waals surface area (Å²) in [7, 11) is 0. The predicted molar refractivity (Wildman–Crippen MR) is 68.3 cm³/mol. The molecule has 0 aliphatic carbocycles. The standard InChI is InChI=1S/C13H16ClNO2/c1-4-11(12(14)16)15-13(17)10-6-5-8(2)9(3)7-10/h5-7,11H,4H2,1-3H3,(H,15,17). The third-order valence-electron chi connectivity index (χ3n) is 2.76. The van der Waals surface area contributed by atoms with E-state index in [2.05, 4.69) is 5.32 Å². The fraction of sp³-hybridized carbons (Fsp3) is 0.385. The van der Waals surface area contributed by atoms with Gasteiger partial charge in [0, 0.05) is 5.56 Å². The van der Waals surface area contributed by atoms with E-state index in [0.29, 0.717) is 12.0 Å². The van der Waals surface area contributed by atoms with Crippen molar-refractivity contribution in [3.63, 3.8) is 0 Å². The molecule has 92 valence electrons. The first-order valence-corrected chi connectivity index (χ1v) is 5.91. The third-order valence-corrected chi connectivity index (χ3v) is 3.02. The average molecular weight is 254 g/mol. The zero-order chi connectivity index (χ0) is 13.0. The summed E-state index contributed by atoms with van der Waals surface area (Å²) in [6, 6.07) is 4.80. The summed E-state index contributed by atoms with van der Waals surface area (Å²) in [5.41, 5.74) is 2.72. The van der Waals surface area contributed by atoms with Gasteiger partial charge in [0.05, 0.1) is 0 Å². The molecule has 0 heterocycles. The lowest BCUT2D eigenvalue weighted by Gasteiger charge is -2.13. The van der Waals surface area contributed by atoms with Crippen LogP contribution >= 0.6 is 11.6 Å². The number of hydrogen-bond acceptors (Lipinski definition) is 2. The molecule has 1 aromatic rings. The van der Waals surface area contributed by atoms with Gasteiger partial charge in [0.2, 0.25) is 5.24 Å². The number of halogens is 1. The van der Waals surface area contributed by atoms with Crippen LogP contribution in [0.2, 0.25) is 0 Å². The van der Waals surface area contributed by atoms with Crippen LogP contribution in [0.15, 0.2) is 18.2 Å². The lowest BCUT2D eigenvalue weighted by atomic mass is 10.1. The average Bonchev–Trinajstić information content (AvgIpc) is 2.28. The Hall–Kier alpha value is -1.35. The van der Waals surface area contributed by atoms with Gasteiger partial charge in [-0.05, 0) is 55.1 Å². The molecule has 0 aromatic heterocycles. The zero-order valence-electron chi connectivity index (χ0n) is 10.2. The Kier molecular flexibility index (Phi) is 4.70. The van der Waals surface area contributed by atoms with Crippen molar-refractivity contribution in [3.05, 3.63) is 34.9 Å². The molecule has 1 N–H and O–H groups in total. The molecule has 17 heavy (non-hydrogen) atoms. The normalized spacial score (nSPS) is 12.0. The van der Waals surface area contributed by atoms with Crippen LogP contribution in [0.5, 0.6) is 0 Å². The van der Waals surface area contributed by atoms with Crippen LogP contribution in [-0.2, 0) is 4.79 Å². The number of nitrogens with one attached hydrogen (secondary N) is 1. The monoisotopic (exact) mass is 253 g/mol. The van der Waals surface area contributed by atoms with Crippen molar-refractivity contribution in [3.8, 4) is 0 Å². The molecule has 0 aliphatic heterocycles. The molecule has 0 bridgehead atoms. The topological polar surface area (TPSA) is 46.2 Å². The number of carbonyl (C=O) groups is 2. The number of rotatable bonds is 4. The summed E-state index contributed by atoms with van der Waals surface area (Å²) in [4.78, 5) is 22.9. The maximum Gasteiger partial charge on any atom is 0.251 e. The van der Waals surface area contributed by atoms with E-state index in [9.17, 15) is 9.59 Å². The van der Waals surface area contributed by atoms with E-state index in [0.717, 1.165) is 11.1 Å². The fourth-order valence-corrected chi connectivity index (χ4v) is 1.65. The van der Waals surface area contributed by atoms with E-state index in [1.165, 1.54) is 0 Å². The number of hydrogen-bond donors (Lipinski definition) is 1. The second kappa shape index (κ2) is 5.82. The first-order valence-electron chi connectivity index (χ1n) is 5.53. The lowest BCUT2D eigenvalue weighted by molar-refractivity contribution is -0.113. The Morgan fingerprint density at radius 2 is 1.94 bits per heavy atom. The summed E-state index contributed by atoms with van der Waals surface area (Å²) in [5.74, 6) is -0.269. The first-order chi connectivity index (χ1) is 7.95. The number of amides is 1. The second-order valence-corrected chi connectivity index (χ2v) is 4.41. The molecular weight excluding hydrogens is 238 g/mol. The van der Waals surface area contributed by atoms with Gasteiger partial charge in [-0.2, -0.15) is 0 Å². The molecule has 1 amide bonds. The Labute approximate surface area is 106 Å². The Balaban J connectivity index is 2.82. The number of aryl methyl sites for hydroxylation is 2. The van der Waals surface area contributed by atoms with E-state index < -0.39 is 11.3 Å². The van der Waals surface area contributed by atoms with Gasteiger partial charge in [-0.15, -0.1) is 0 Å². The highest BCUT2D eigenvalue weighted by Gasteiger charge is 2.17. The Morgan fingerprint density at radius 1 is 1.29 bits per heavy atom. The van der Waals surface area contributed by atoms with Gasteiger partial charge < -0.3 is 5.32 Å². The van der Waals surface area contributed by atoms with Crippen molar-refractivity contribution in [2.75, 3.05) is 0 Å². The molecule has 1 aromatic carbocycles. The number of benzene rings is 1. The minimum atomic E-state index is -0.620. The highest BCUT2D eigenvalue weighted by molar-refractivity contribution is 6.64. The quantitative estimate of drug-likeness (QED) is 0.839. The maximum absolute atomic E-state index is 11.9. The lowest BCUT2D eigenvalue weighted by Crippen LogP contribution is -2.38. The molecule has 0 aliphatic rings. The van der Waals surface area contributed by atoms with Crippen LogP contribution in [0.4, 0.5) is 0 Å². The molecule has 0 fully saturated rings. The van der Waals surface area contributed by atoms with Crippen molar-refractivity contribution < 1.29 is 9.59 Å². The molecule has 1 atom stereocenters. The van der Waals surface area contributed by atoms with Crippen molar-refractivity contribution >= 4 is 22.8 Å². The van der Waals surface area contributed by atoms with Gasteiger partial charge >= 0.3 is 0 Å². The van der Waals surface area contributed by atoms with Crippen LogP contribution in [0, 0.1) is 13.8 Å². The molecule has 3 nitrogen and oxygen atoms in total. The zero-order valence-corrected chi connectivity index (χ0v) is 11.0. The van der Waals surface area contributed by atoms with Gasteiger partial charge in [0.25, 0.3) is 5.91 Å². The van der Waals surface area contributed by atoms with Crippen LogP contribution in [-0.4, -0.2) is 17.2 Å². The third kappa shape index (κ3) is 3.56. The SMILES string of the molecule is CCC(NC(=O)c1ccc(C)c(C)c1)C(=O)Cl. The molecule has 0 radical (unpaired) electrons. The largest absolute Gasteiger partial charge is 0.341 e. The van der Waals surface area contributed by atoms with Gasteiger partial charge in [0.15, 0.2) is 0 Å². The maximum atomic E-state index is 11.9. The van der Waals surface area contributed by atoms with Crippen molar-refractivity contribution in [2.45, 2.75) is 33.2 Å². The molecule has 0 saturated heterocycles. The van der Waals surface area contributed by atoms with Gasteiger partial charge in [-0.3, -0.25) is 9.59 Å². The van der Waals surface area contributed by atoms with Crippen molar-refractivity contribution in [1.82, 2.24) is 5.32 Å². The van der Waals surface area contributed by atoms with E-state index in [4.69, 9.17) is 11.6 Å². The van der Waals surface area contributed by atoms with Crippen LogP contribution in [0.3, 0.4) is 0 Å². The minimum Gasteiger partial charge on any atom is -0.341 e. The van der Waals surface area contributed by atoms with Crippen LogP contribution < -0.4 is 5.32 Å². The van der Waals surface area contributed by atoms with Crippen molar-refractivity contribution in [2.24, 2.45) is 0 Å². The summed E-state index contributed by atoms with van der Waals surface area (Å²) < 4.78 is 0. The number of carbonyl (C=O) groups excluding carboxylic acids is 2. The predicted octanol–water partition coefficient (Wildman–Crippen LogP) is 2.58. The fourth-order valence-electron chi connectivity index (χ4n) is 1.44. The summed E-state index contributed by atoms with van der Waals surface area (Å²) in [6.07, 6.45) is 0.485. The molecular formula is C13H16ClNO2. The molecule has 4 heteroatoms. The van der Waals surface area contributed by atoms with E-state index in [1.54, 1.807) is 19.1 Å². The first kappa shape index (κ1) is 13.7. The highest BCUT2D eigenvalue weighted by atomic mass is 35.5. The van der Waals surface area contributed by atoms with Gasteiger partial charge in [-0.25, -0.2) is 0 Å². The Bertz CT molecular complexity index is 443. The second-order valence-electron chi connectivity index (χ2n) is 4.04. The molecule has 0 spiro atoms. The molecule has 1 unspecified atom stereocenters. The van der Waals surface area contributed by atoms with Gasteiger partial charge in [-0.1, -0.05) is 13.0 Å².